The van der Waals surface area contributed by atoms with Gasteiger partial charge < -0.3 is 25.0 Å². The van der Waals surface area contributed by atoms with Crippen molar-refractivity contribution in [3.8, 4) is 10.4 Å². The van der Waals surface area contributed by atoms with Crippen LogP contribution in [0.3, 0.4) is 0 Å². The van der Waals surface area contributed by atoms with E-state index in [4.69, 9.17) is 4.52 Å². The van der Waals surface area contributed by atoms with Gasteiger partial charge in [0.1, 0.15) is 12.0 Å². The van der Waals surface area contributed by atoms with Gasteiger partial charge >= 0.3 is 0 Å². The lowest BCUT2D eigenvalue weighted by Crippen LogP contribution is -2.48. The van der Waals surface area contributed by atoms with Crippen LogP contribution in [0.2, 0.25) is 0 Å². The quantitative estimate of drug-likeness (QED) is 0.419. The molecule has 0 spiro atoms. The third-order valence-corrected chi connectivity index (χ3v) is 9.05. The molecule has 2 aromatic heterocycles. The monoisotopic (exact) mass is 564 g/mol. The summed E-state index contributed by atoms with van der Waals surface area (Å²) in [4.78, 5) is 37.0. The summed E-state index contributed by atoms with van der Waals surface area (Å²) in [5.74, 6) is 0.881. The summed E-state index contributed by atoms with van der Waals surface area (Å²) in [7, 11) is 0. The molecule has 0 radical (unpaired) electrons. The molecule has 2 aliphatic rings. The molecule has 2 amide bonds. The van der Waals surface area contributed by atoms with E-state index in [1.807, 2.05) is 51.4 Å². The number of nitrogens with zero attached hydrogens (tertiary/aromatic N) is 4. The van der Waals surface area contributed by atoms with Gasteiger partial charge in [0.15, 0.2) is 11.6 Å². The van der Waals surface area contributed by atoms with Crippen molar-refractivity contribution in [2.45, 2.75) is 59.0 Å². The molecular weight excluding hydrogens is 524 g/mol. The van der Waals surface area contributed by atoms with Crippen molar-refractivity contribution in [1.29, 1.82) is 0 Å². The maximum absolute atomic E-state index is 14.0. The number of aryl methyl sites for hydroxylation is 1. The van der Waals surface area contributed by atoms with Gasteiger partial charge in [-0.25, -0.2) is 4.98 Å². The predicted octanol–water partition coefficient (Wildman–Crippen LogP) is 4.37. The second kappa shape index (κ2) is 12.1. The molecular formula is C30H40N6O3S. The van der Waals surface area contributed by atoms with E-state index < -0.39 is 12.0 Å². The van der Waals surface area contributed by atoms with E-state index in [9.17, 15) is 9.59 Å². The lowest BCUT2D eigenvalue weighted by Gasteiger charge is -2.30. The molecule has 2 fully saturated rings. The lowest BCUT2D eigenvalue weighted by molar-refractivity contribution is -0.141. The standard InChI is InChI=1S/C30H40N6O3S/c1-18(2)27(25-15-26(34-39-25)35-12-10-31-11-13-35)30(38)36-16-19(3)14-24(36)29(37)33-20(4)22-6-8-23(9-7-22)28-21(5)32-17-40-28/h6-9,15,17-20,24,27,31H,10-14,16H2,1-5H3,(H,33,37)/t19-,20+,24+,27-/m1/s1. The Morgan fingerprint density at radius 1 is 1.15 bits per heavy atom. The predicted molar refractivity (Wildman–Crippen MR) is 157 cm³/mol. The number of nitrogens with one attached hydrogen (secondary N) is 2. The minimum Gasteiger partial charge on any atom is -0.358 e. The molecule has 0 aliphatic carbocycles. The molecule has 2 aliphatic heterocycles. The second-order valence-electron chi connectivity index (χ2n) is 11.5. The highest BCUT2D eigenvalue weighted by Crippen LogP contribution is 2.34. The van der Waals surface area contributed by atoms with Gasteiger partial charge in [-0.05, 0) is 43.2 Å². The highest BCUT2D eigenvalue weighted by molar-refractivity contribution is 7.13. The summed E-state index contributed by atoms with van der Waals surface area (Å²) in [6.45, 7) is 14.2. The number of carbonyl (C=O) groups is 2. The number of thiazole rings is 1. The van der Waals surface area contributed by atoms with E-state index >= 15 is 0 Å². The van der Waals surface area contributed by atoms with Gasteiger partial charge in [-0.3, -0.25) is 9.59 Å². The van der Waals surface area contributed by atoms with E-state index in [0.29, 0.717) is 18.7 Å². The first-order chi connectivity index (χ1) is 19.2. The molecule has 10 heteroatoms. The molecule has 2 saturated heterocycles. The molecule has 0 unspecified atom stereocenters. The number of amides is 2. The second-order valence-corrected chi connectivity index (χ2v) is 12.4. The van der Waals surface area contributed by atoms with E-state index in [0.717, 1.165) is 53.7 Å². The number of rotatable bonds is 8. The van der Waals surface area contributed by atoms with Crippen molar-refractivity contribution in [3.05, 3.63) is 52.9 Å². The van der Waals surface area contributed by atoms with Crippen molar-refractivity contribution in [2.24, 2.45) is 11.8 Å². The number of hydrogen-bond acceptors (Lipinski definition) is 8. The third kappa shape index (κ3) is 5.93. The van der Waals surface area contributed by atoms with Crippen molar-refractivity contribution in [3.63, 3.8) is 0 Å². The normalized spacial score (nSPS) is 21.1. The van der Waals surface area contributed by atoms with Crippen LogP contribution >= 0.6 is 11.3 Å². The topological polar surface area (TPSA) is 104 Å². The van der Waals surface area contributed by atoms with Crippen LogP contribution < -0.4 is 15.5 Å². The van der Waals surface area contributed by atoms with Crippen LogP contribution in [0.25, 0.3) is 10.4 Å². The Kier molecular flexibility index (Phi) is 8.56. The van der Waals surface area contributed by atoms with Crippen molar-refractivity contribution in [1.82, 2.24) is 25.7 Å². The summed E-state index contributed by atoms with van der Waals surface area (Å²) in [5, 5.41) is 10.8. The molecule has 214 valence electrons. The van der Waals surface area contributed by atoms with Gasteiger partial charge in [-0.2, -0.15) is 0 Å². The van der Waals surface area contributed by atoms with Crippen LogP contribution in [0.5, 0.6) is 0 Å². The van der Waals surface area contributed by atoms with Crippen LogP contribution in [-0.2, 0) is 9.59 Å². The number of hydrogen-bond donors (Lipinski definition) is 2. The van der Waals surface area contributed by atoms with Crippen LogP contribution in [0, 0.1) is 18.8 Å². The molecule has 9 nitrogen and oxygen atoms in total. The molecule has 4 atom stereocenters. The molecule has 3 aromatic rings. The minimum absolute atomic E-state index is 0.00411. The van der Waals surface area contributed by atoms with Crippen molar-refractivity contribution >= 4 is 29.0 Å². The average molecular weight is 565 g/mol. The van der Waals surface area contributed by atoms with Crippen LogP contribution in [0.4, 0.5) is 5.82 Å². The fraction of sp³-hybridized carbons (Fsp3) is 0.533. The van der Waals surface area contributed by atoms with E-state index in [2.05, 4.69) is 44.7 Å². The Balaban J connectivity index is 1.28. The Labute approximate surface area is 240 Å². The molecule has 0 bridgehead atoms. The lowest BCUT2D eigenvalue weighted by atomic mass is 9.91. The molecule has 5 rings (SSSR count). The van der Waals surface area contributed by atoms with Crippen LogP contribution in [-0.4, -0.2) is 65.6 Å². The van der Waals surface area contributed by atoms with E-state index in [1.54, 1.807) is 16.2 Å². The number of piperazine rings is 1. The van der Waals surface area contributed by atoms with E-state index in [1.165, 1.54) is 0 Å². The van der Waals surface area contributed by atoms with Crippen LogP contribution in [0.15, 0.2) is 40.4 Å². The highest BCUT2D eigenvalue weighted by atomic mass is 32.1. The number of carbonyl (C=O) groups excluding carboxylic acids is 2. The SMILES string of the molecule is Cc1ncsc1-c1ccc([C@H](C)NC(=O)[C@@H]2C[C@@H](C)CN2C(=O)[C@@H](c2cc(N3CCNCC3)no2)C(C)C)cc1. The first-order valence-corrected chi connectivity index (χ1v) is 15.1. The molecule has 0 saturated carbocycles. The Bertz CT molecular complexity index is 1310. The first kappa shape index (κ1) is 28.3. The molecule has 40 heavy (non-hydrogen) atoms. The third-order valence-electron chi connectivity index (χ3n) is 8.07. The summed E-state index contributed by atoms with van der Waals surface area (Å²) < 4.78 is 5.75. The smallest absolute Gasteiger partial charge is 0.243 e. The Hall–Kier alpha value is -3.24. The zero-order valence-electron chi connectivity index (χ0n) is 24.0. The number of benzene rings is 1. The molecule has 2 N–H and O–H groups in total. The van der Waals surface area contributed by atoms with E-state index in [-0.39, 0.29) is 29.7 Å². The molecule has 1 aromatic carbocycles. The fourth-order valence-corrected chi connectivity index (χ4v) is 6.63. The largest absolute Gasteiger partial charge is 0.358 e. The van der Waals surface area contributed by atoms with Crippen molar-refractivity contribution < 1.29 is 14.1 Å². The maximum Gasteiger partial charge on any atom is 0.243 e. The Morgan fingerprint density at radius 2 is 1.88 bits per heavy atom. The summed E-state index contributed by atoms with van der Waals surface area (Å²) >= 11 is 1.62. The zero-order chi connectivity index (χ0) is 28.4. The summed E-state index contributed by atoms with van der Waals surface area (Å²) in [5.41, 5.74) is 5.01. The number of anilines is 1. The number of aromatic nitrogens is 2. The average Bonchev–Trinajstić information content (AvgIpc) is 3.69. The van der Waals surface area contributed by atoms with Crippen molar-refractivity contribution in [2.75, 3.05) is 37.6 Å². The van der Waals surface area contributed by atoms with Gasteiger partial charge in [0.25, 0.3) is 0 Å². The van der Waals surface area contributed by atoms with Gasteiger partial charge in [0.05, 0.1) is 22.1 Å². The van der Waals surface area contributed by atoms with Gasteiger partial charge in [-0.15, -0.1) is 11.3 Å². The van der Waals surface area contributed by atoms with Gasteiger partial charge in [0.2, 0.25) is 11.8 Å². The minimum atomic E-state index is -0.513. The Morgan fingerprint density at radius 3 is 2.52 bits per heavy atom. The maximum atomic E-state index is 14.0. The number of likely N-dealkylation sites (tertiary alicyclic amines) is 1. The van der Waals surface area contributed by atoms with Gasteiger partial charge in [-0.1, -0.05) is 50.2 Å². The summed E-state index contributed by atoms with van der Waals surface area (Å²) in [6, 6.07) is 9.45. The zero-order valence-corrected chi connectivity index (χ0v) is 24.8. The fourth-order valence-electron chi connectivity index (χ4n) is 5.82. The molecule has 4 heterocycles. The van der Waals surface area contributed by atoms with Gasteiger partial charge in [0, 0.05) is 38.8 Å². The highest BCUT2D eigenvalue weighted by Gasteiger charge is 2.42. The van der Waals surface area contributed by atoms with Crippen LogP contribution in [0.1, 0.15) is 63.1 Å². The first-order valence-electron chi connectivity index (χ1n) is 14.3. The summed E-state index contributed by atoms with van der Waals surface area (Å²) in [6.07, 6.45) is 0.640.